The predicted octanol–water partition coefficient (Wildman–Crippen LogP) is 2.95. The summed E-state index contributed by atoms with van der Waals surface area (Å²) in [5.74, 6) is 0. The number of aryl methyl sites for hydroxylation is 1. The Labute approximate surface area is 66.5 Å². The second-order valence-electron chi connectivity index (χ2n) is 2.76. The molecule has 0 saturated carbocycles. The van der Waals surface area contributed by atoms with Crippen molar-refractivity contribution in [1.82, 2.24) is 0 Å². The summed E-state index contributed by atoms with van der Waals surface area (Å²) >= 11 is 0. The van der Waals surface area contributed by atoms with Gasteiger partial charge in [-0.3, -0.25) is 0 Å². The van der Waals surface area contributed by atoms with E-state index >= 15 is 0 Å². The van der Waals surface area contributed by atoms with Gasteiger partial charge < -0.3 is 0 Å². The fraction of sp³-hybridized carbons (Fsp3) is 0.0909. The first-order valence-corrected chi connectivity index (χ1v) is 3.73. The maximum atomic E-state index is 3.22. The van der Waals surface area contributed by atoms with Crippen LogP contribution in [0.4, 0.5) is 0 Å². The Morgan fingerprint density at radius 2 is 2.00 bits per heavy atom. The monoisotopic (exact) mass is 141 g/mol. The molecule has 53 valence electrons. The Morgan fingerprint density at radius 3 is 2.91 bits per heavy atom. The third-order valence-corrected chi connectivity index (χ3v) is 1.80. The SMILES string of the molecule is Cc1c[c]c2ccccc2c1. The van der Waals surface area contributed by atoms with Gasteiger partial charge in [-0.05, 0) is 29.3 Å². The van der Waals surface area contributed by atoms with E-state index in [2.05, 4.69) is 37.3 Å². The molecule has 0 heteroatoms. The minimum absolute atomic E-state index is 1.19. The fourth-order valence-corrected chi connectivity index (χ4v) is 1.23. The van der Waals surface area contributed by atoms with Gasteiger partial charge in [0.15, 0.2) is 0 Å². The van der Waals surface area contributed by atoms with Crippen LogP contribution < -0.4 is 0 Å². The molecule has 0 aromatic heterocycles. The third-order valence-electron chi connectivity index (χ3n) is 1.80. The van der Waals surface area contributed by atoms with E-state index in [0.29, 0.717) is 0 Å². The van der Waals surface area contributed by atoms with E-state index in [4.69, 9.17) is 0 Å². The largest absolute Gasteiger partial charge is 0.0616 e. The Bertz CT molecular complexity index is 374. The second-order valence-corrected chi connectivity index (χ2v) is 2.76. The molecule has 2 rings (SSSR count). The lowest BCUT2D eigenvalue weighted by Crippen LogP contribution is -1.73. The zero-order chi connectivity index (χ0) is 7.68. The number of fused-ring (bicyclic) bond motifs is 1. The number of rotatable bonds is 0. The summed E-state index contributed by atoms with van der Waals surface area (Å²) in [6.45, 7) is 2.09. The maximum Gasteiger partial charge on any atom is -0.00964 e. The number of hydrogen-bond donors (Lipinski definition) is 0. The highest BCUT2D eigenvalue weighted by molar-refractivity contribution is 5.82. The smallest absolute Gasteiger partial charge is 0.00964 e. The molecule has 0 aliphatic heterocycles. The lowest BCUT2D eigenvalue weighted by molar-refractivity contribution is 1.50. The number of benzene rings is 2. The van der Waals surface area contributed by atoms with E-state index in [9.17, 15) is 0 Å². The van der Waals surface area contributed by atoms with Crippen molar-refractivity contribution < 1.29 is 0 Å². The van der Waals surface area contributed by atoms with E-state index in [1.54, 1.807) is 0 Å². The molecule has 0 heterocycles. The molecule has 0 N–H and O–H groups in total. The van der Waals surface area contributed by atoms with Crippen LogP contribution in [0.5, 0.6) is 0 Å². The lowest BCUT2D eigenvalue weighted by Gasteiger charge is -1.96. The molecule has 1 radical (unpaired) electrons. The molecular formula is C11H9. The van der Waals surface area contributed by atoms with Gasteiger partial charge in [0.25, 0.3) is 0 Å². The molecule has 0 fully saturated rings. The fourth-order valence-electron chi connectivity index (χ4n) is 1.23. The zero-order valence-corrected chi connectivity index (χ0v) is 6.46. The highest BCUT2D eigenvalue weighted by atomic mass is 13.9. The first-order valence-electron chi connectivity index (χ1n) is 3.73. The standard InChI is InChI=1S/C11H9/c1-9-6-7-10-4-2-3-5-11(10)8-9/h2-6,8H,1H3. The third kappa shape index (κ3) is 1.12. The predicted molar refractivity (Wildman–Crippen MR) is 47.5 cm³/mol. The van der Waals surface area contributed by atoms with Gasteiger partial charge in [-0.15, -0.1) is 0 Å². The molecule has 0 aliphatic rings. The summed E-state index contributed by atoms with van der Waals surface area (Å²) in [6, 6.07) is 15.7. The molecule has 11 heavy (non-hydrogen) atoms. The molecule has 0 bridgehead atoms. The molecule has 0 nitrogen and oxygen atoms in total. The van der Waals surface area contributed by atoms with Crippen LogP contribution in [0.1, 0.15) is 5.56 Å². The van der Waals surface area contributed by atoms with Crippen LogP contribution in [-0.2, 0) is 0 Å². The van der Waals surface area contributed by atoms with Gasteiger partial charge in [0.05, 0.1) is 0 Å². The second kappa shape index (κ2) is 2.39. The average molecular weight is 141 g/mol. The Balaban J connectivity index is 2.83. The lowest BCUT2D eigenvalue weighted by atomic mass is 10.1. The molecule has 2 aromatic rings. The van der Waals surface area contributed by atoms with Crippen molar-refractivity contribution in [2.24, 2.45) is 0 Å². The topological polar surface area (TPSA) is 0 Å². The molecule has 0 spiro atoms. The van der Waals surface area contributed by atoms with E-state index in [-0.39, 0.29) is 0 Å². The van der Waals surface area contributed by atoms with Gasteiger partial charge >= 0.3 is 0 Å². The van der Waals surface area contributed by atoms with Gasteiger partial charge in [0.1, 0.15) is 0 Å². The first kappa shape index (κ1) is 6.41. The normalized spacial score (nSPS) is 10.3. The average Bonchev–Trinajstić information content (AvgIpc) is 2.04. The number of hydrogen-bond acceptors (Lipinski definition) is 0. The van der Waals surface area contributed by atoms with Crippen LogP contribution in [0.15, 0.2) is 36.4 Å². The van der Waals surface area contributed by atoms with Gasteiger partial charge in [-0.2, -0.15) is 0 Å². The molecule has 0 unspecified atom stereocenters. The summed E-state index contributed by atoms with van der Waals surface area (Å²) in [4.78, 5) is 0. The van der Waals surface area contributed by atoms with Crippen molar-refractivity contribution in [3.63, 3.8) is 0 Å². The Hall–Kier alpha value is -1.30. The quantitative estimate of drug-likeness (QED) is 0.529. The van der Waals surface area contributed by atoms with Crippen molar-refractivity contribution >= 4 is 10.8 Å². The van der Waals surface area contributed by atoms with Crippen molar-refractivity contribution in [3.05, 3.63) is 48.0 Å². The summed E-state index contributed by atoms with van der Waals surface area (Å²) in [5, 5.41) is 2.46. The molecular weight excluding hydrogens is 132 g/mol. The van der Waals surface area contributed by atoms with Gasteiger partial charge in [0, 0.05) is 0 Å². The van der Waals surface area contributed by atoms with E-state index in [0.717, 1.165) is 0 Å². The zero-order valence-electron chi connectivity index (χ0n) is 6.46. The summed E-state index contributed by atoms with van der Waals surface area (Å²) in [6.07, 6.45) is 0. The van der Waals surface area contributed by atoms with Crippen molar-refractivity contribution in [3.8, 4) is 0 Å². The van der Waals surface area contributed by atoms with Gasteiger partial charge in [-0.25, -0.2) is 0 Å². The first-order chi connectivity index (χ1) is 5.36. The van der Waals surface area contributed by atoms with E-state index < -0.39 is 0 Å². The van der Waals surface area contributed by atoms with Crippen molar-refractivity contribution in [1.29, 1.82) is 0 Å². The van der Waals surface area contributed by atoms with Crippen molar-refractivity contribution in [2.75, 3.05) is 0 Å². The molecule has 2 aromatic carbocycles. The van der Waals surface area contributed by atoms with Crippen LogP contribution in [0.3, 0.4) is 0 Å². The summed E-state index contributed by atoms with van der Waals surface area (Å²) in [7, 11) is 0. The Morgan fingerprint density at radius 1 is 1.18 bits per heavy atom. The summed E-state index contributed by atoms with van der Waals surface area (Å²) < 4.78 is 0. The molecule has 0 amide bonds. The van der Waals surface area contributed by atoms with Gasteiger partial charge in [0.2, 0.25) is 0 Å². The Kier molecular flexibility index (Phi) is 1.39. The molecule has 0 atom stereocenters. The van der Waals surface area contributed by atoms with Crippen LogP contribution in [0, 0.1) is 13.0 Å². The summed E-state index contributed by atoms with van der Waals surface area (Å²) in [5.41, 5.74) is 1.27. The minimum atomic E-state index is 1.19. The molecule has 0 saturated heterocycles. The minimum Gasteiger partial charge on any atom is -0.0616 e. The highest BCUT2D eigenvalue weighted by Gasteiger charge is 1.90. The van der Waals surface area contributed by atoms with Crippen LogP contribution in [0.2, 0.25) is 0 Å². The van der Waals surface area contributed by atoms with E-state index in [1.807, 2.05) is 12.1 Å². The molecule has 0 aliphatic carbocycles. The van der Waals surface area contributed by atoms with Crippen molar-refractivity contribution in [2.45, 2.75) is 6.92 Å². The van der Waals surface area contributed by atoms with Crippen LogP contribution >= 0.6 is 0 Å². The van der Waals surface area contributed by atoms with Crippen LogP contribution in [0.25, 0.3) is 10.8 Å². The highest BCUT2D eigenvalue weighted by Crippen LogP contribution is 2.13. The van der Waals surface area contributed by atoms with Gasteiger partial charge in [-0.1, -0.05) is 36.4 Å². The maximum absolute atomic E-state index is 3.22. The van der Waals surface area contributed by atoms with Crippen LogP contribution in [-0.4, -0.2) is 0 Å². The van der Waals surface area contributed by atoms with E-state index in [1.165, 1.54) is 16.3 Å².